The van der Waals surface area contributed by atoms with Crippen LogP contribution < -0.4 is 4.74 Å². The molecule has 0 saturated heterocycles. The molecule has 0 bridgehead atoms. The summed E-state index contributed by atoms with van der Waals surface area (Å²) in [5.41, 5.74) is 0.630. The highest BCUT2D eigenvalue weighted by Crippen LogP contribution is 2.32. The molecule has 0 aromatic heterocycles. The maximum Gasteiger partial charge on any atom is 0.119 e. The Morgan fingerprint density at radius 1 is 0.810 bits per heavy atom. The van der Waals surface area contributed by atoms with Crippen molar-refractivity contribution in [2.45, 2.75) is 26.2 Å². The van der Waals surface area contributed by atoms with Gasteiger partial charge in [0.15, 0.2) is 0 Å². The number of aromatic hydroxyl groups is 3. The lowest BCUT2D eigenvalue weighted by atomic mass is 9.86. The molecule has 0 fully saturated rings. The van der Waals surface area contributed by atoms with Crippen LogP contribution in [-0.2, 0) is 5.41 Å². The van der Waals surface area contributed by atoms with Gasteiger partial charge in [0.25, 0.3) is 0 Å². The fourth-order valence-electron chi connectivity index (χ4n) is 1.71. The van der Waals surface area contributed by atoms with Crippen LogP contribution in [-0.4, -0.2) is 22.4 Å². The van der Waals surface area contributed by atoms with Gasteiger partial charge in [0.2, 0.25) is 0 Å². The van der Waals surface area contributed by atoms with E-state index in [0.717, 1.165) is 11.3 Å². The average molecular weight is 290 g/mol. The first-order valence-electron chi connectivity index (χ1n) is 6.59. The summed E-state index contributed by atoms with van der Waals surface area (Å²) in [5, 5.41) is 27.4. The van der Waals surface area contributed by atoms with E-state index < -0.39 is 0 Å². The van der Waals surface area contributed by atoms with E-state index in [1.807, 2.05) is 20.8 Å². The second-order valence-corrected chi connectivity index (χ2v) is 5.65. The molecule has 2 aromatic carbocycles. The number of hydrogen-bond donors (Lipinski definition) is 3. The van der Waals surface area contributed by atoms with E-state index in [0.29, 0.717) is 0 Å². The third kappa shape index (κ3) is 5.26. The van der Waals surface area contributed by atoms with Crippen LogP contribution in [0.2, 0.25) is 0 Å². The predicted octanol–water partition coefficient (Wildman–Crippen LogP) is 3.80. The second-order valence-electron chi connectivity index (χ2n) is 5.65. The topological polar surface area (TPSA) is 69.9 Å². The van der Waals surface area contributed by atoms with E-state index in [9.17, 15) is 10.2 Å². The Kier molecular flexibility index (Phi) is 5.47. The molecule has 4 nitrogen and oxygen atoms in total. The fraction of sp³-hybridized carbons (Fsp3) is 0.294. The third-order valence-electron chi connectivity index (χ3n) is 2.86. The Bertz CT molecular complexity index is 568. The molecule has 0 unspecified atom stereocenters. The first-order chi connectivity index (χ1) is 9.74. The van der Waals surface area contributed by atoms with Crippen molar-refractivity contribution in [2.24, 2.45) is 0 Å². The highest BCUT2D eigenvalue weighted by atomic mass is 16.5. The minimum Gasteiger partial charge on any atom is -0.508 e. The van der Waals surface area contributed by atoms with Crippen LogP contribution in [0.1, 0.15) is 26.3 Å². The number of methoxy groups -OCH3 is 1. The molecule has 0 heterocycles. The molecule has 0 spiro atoms. The number of ether oxygens (including phenoxy) is 1. The van der Waals surface area contributed by atoms with Gasteiger partial charge >= 0.3 is 0 Å². The molecule has 0 atom stereocenters. The molecule has 0 aliphatic heterocycles. The van der Waals surface area contributed by atoms with Gasteiger partial charge in [-0.3, -0.25) is 0 Å². The van der Waals surface area contributed by atoms with Crippen molar-refractivity contribution in [3.05, 3.63) is 48.0 Å². The Morgan fingerprint density at radius 3 is 1.76 bits per heavy atom. The third-order valence-corrected chi connectivity index (χ3v) is 2.86. The normalized spacial score (nSPS) is 10.5. The van der Waals surface area contributed by atoms with Crippen LogP contribution in [0.5, 0.6) is 23.0 Å². The van der Waals surface area contributed by atoms with E-state index in [4.69, 9.17) is 9.84 Å². The van der Waals surface area contributed by atoms with Gasteiger partial charge in [-0.2, -0.15) is 0 Å². The van der Waals surface area contributed by atoms with Crippen molar-refractivity contribution in [1.29, 1.82) is 0 Å². The van der Waals surface area contributed by atoms with Crippen LogP contribution in [0.4, 0.5) is 0 Å². The summed E-state index contributed by atoms with van der Waals surface area (Å²) in [4.78, 5) is 0. The average Bonchev–Trinajstić information content (AvgIpc) is 2.42. The predicted molar refractivity (Wildman–Crippen MR) is 83.1 cm³/mol. The van der Waals surface area contributed by atoms with E-state index in [1.165, 1.54) is 12.1 Å². The molecule has 2 aromatic rings. The summed E-state index contributed by atoms with van der Waals surface area (Å²) >= 11 is 0. The monoisotopic (exact) mass is 290 g/mol. The number of phenolic OH excluding ortho intramolecular Hbond substituents is 3. The molecule has 114 valence electrons. The molecule has 2 rings (SSSR count). The Morgan fingerprint density at radius 2 is 1.33 bits per heavy atom. The summed E-state index contributed by atoms with van der Waals surface area (Å²) in [7, 11) is 1.59. The standard InChI is InChI=1S/C10H14O2.C7H8O2/c1-10(2,3)8-6-7(11)4-5-9(8)12;1-9-7-4-2-6(8)3-5-7/h4-6,11-12H,1-3H3;2-5,8H,1H3. The van der Waals surface area contributed by atoms with Gasteiger partial charge in [0.05, 0.1) is 7.11 Å². The van der Waals surface area contributed by atoms with Crippen LogP contribution in [0, 0.1) is 0 Å². The molecule has 21 heavy (non-hydrogen) atoms. The minimum atomic E-state index is -0.136. The molecule has 0 amide bonds. The quantitative estimate of drug-likeness (QED) is 0.699. The zero-order chi connectivity index (χ0) is 16.0. The number of rotatable bonds is 1. The molecule has 3 N–H and O–H groups in total. The van der Waals surface area contributed by atoms with Gasteiger partial charge in [0, 0.05) is 5.56 Å². The lowest BCUT2D eigenvalue weighted by molar-refractivity contribution is 0.412. The Balaban J connectivity index is 0.000000219. The highest BCUT2D eigenvalue weighted by molar-refractivity contribution is 5.42. The van der Waals surface area contributed by atoms with Crippen molar-refractivity contribution < 1.29 is 20.1 Å². The number of phenols is 3. The van der Waals surface area contributed by atoms with Crippen molar-refractivity contribution in [1.82, 2.24) is 0 Å². The summed E-state index contributed by atoms with van der Waals surface area (Å²) in [6.07, 6.45) is 0. The van der Waals surface area contributed by atoms with Gasteiger partial charge in [0.1, 0.15) is 23.0 Å². The SMILES string of the molecule is CC(C)(C)c1cc(O)ccc1O.COc1ccc(O)cc1. The number of benzene rings is 2. The zero-order valence-electron chi connectivity index (χ0n) is 12.8. The summed E-state index contributed by atoms with van der Waals surface area (Å²) in [6, 6.07) is 11.2. The smallest absolute Gasteiger partial charge is 0.119 e. The minimum absolute atomic E-state index is 0.136. The van der Waals surface area contributed by atoms with Crippen LogP contribution in [0.3, 0.4) is 0 Å². The van der Waals surface area contributed by atoms with Gasteiger partial charge in [-0.25, -0.2) is 0 Å². The lowest BCUT2D eigenvalue weighted by Gasteiger charge is -2.20. The summed E-state index contributed by atoms with van der Waals surface area (Å²) < 4.78 is 4.86. The van der Waals surface area contributed by atoms with Gasteiger partial charge < -0.3 is 20.1 Å². The maximum absolute atomic E-state index is 9.46. The lowest BCUT2D eigenvalue weighted by Crippen LogP contribution is -2.10. The second kappa shape index (κ2) is 6.88. The molecule has 4 heteroatoms. The van der Waals surface area contributed by atoms with E-state index >= 15 is 0 Å². The molecule has 0 aliphatic carbocycles. The Hall–Kier alpha value is -2.36. The Labute approximate surface area is 125 Å². The maximum atomic E-state index is 9.46. The first-order valence-corrected chi connectivity index (χ1v) is 6.59. The van der Waals surface area contributed by atoms with Crippen LogP contribution >= 0.6 is 0 Å². The van der Waals surface area contributed by atoms with Crippen LogP contribution in [0.15, 0.2) is 42.5 Å². The molecule has 0 aliphatic rings. The summed E-state index contributed by atoms with van der Waals surface area (Å²) in [5.74, 6) is 1.45. The van der Waals surface area contributed by atoms with E-state index in [2.05, 4.69) is 0 Å². The van der Waals surface area contributed by atoms with Crippen molar-refractivity contribution >= 4 is 0 Å². The van der Waals surface area contributed by atoms with Crippen molar-refractivity contribution in [3.63, 3.8) is 0 Å². The molecular weight excluding hydrogens is 268 g/mol. The van der Waals surface area contributed by atoms with Crippen molar-refractivity contribution in [2.75, 3.05) is 7.11 Å². The van der Waals surface area contributed by atoms with E-state index in [-0.39, 0.29) is 22.7 Å². The summed E-state index contributed by atoms with van der Waals surface area (Å²) in [6.45, 7) is 5.96. The highest BCUT2D eigenvalue weighted by Gasteiger charge is 2.17. The molecular formula is C17H22O4. The van der Waals surface area contributed by atoms with Gasteiger partial charge in [-0.15, -0.1) is 0 Å². The largest absolute Gasteiger partial charge is 0.508 e. The van der Waals surface area contributed by atoms with Crippen LogP contribution in [0.25, 0.3) is 0 Å². The van der Waals surface area contributed by atoms with Gasteiger partial charge in [-0.1, -0.05) is 20.8 Å². The molecule has 0 saturated carbocycles. The first kappa shape index (κ1) is 16.7. The van der Waals surface area contributed by atoms with Crippen molar-refractivity contribution in [3.8, 4) is 23.0 Å². The zero-order valence-corrected chi connectivity index (χ0v) is 12.8. The molecule has 0 radical (unpaired) electrons. The number of hydrogen-bond acceptors (Lipinski definition) is 4. The fourth-order valence-corrected chi connectivity index (χ4v) is 1.71. The van der Waals surface area contributed by atoms with Gasteiger partial charge in [-0.05, 0) is 47.9 Å². The van der Waals surface area contributed by atoms with E-state index in [1.54, 1.807) is 37.4 Å².